The van der Waals surface area contributed by atoms with Gasteiger partial charge in [0.2, 0.25) is 0 Å². The smallest absolute Gasteiger partial charge is 0.267 e. The van der Waals surface area contributed by atoms with Crippen LogP contribution in [0.2, 0.25) is 0 Å². The summed E-state index contributed by atoms with van der Waals surface area (Å²) in [5, 5.41) is 5.46. The van der Waals surface area contributed by atoms with Crippen molar-refractivity contribution in [3.05, 3.63) is 68.1 Å². The number of thiophene rings is 1. The number of carbonyl (C=O) groups excluding carboxylic acids is 1. The molecule has 2 heterocycles. The number of nitrogens with zero attached hydrogens (tertiary/aromatic N) is 1. The molecule has 1 aromatic carbocycles. The number of anilines is 1. The number of benzene rings is 1. The summed E-state index contributed by atoms with van der Waals surface area (Å²) in [4.78, 5) is 18.6. The van der Waals surface area contributed by atoms with E-state index in [1.165, 1.54) is 35.5 Å². The zero-order chi connectivity index (χ0) is 17.4. The predicted octanol–water partition coefficient (Wildman–Crippen LogP) is 5.37. The topological polar surface area (TPSA) is 42.0 Å². The molecule has 2 aromatic heterocycles. The maximum Gasteiger partial charge on any atom is 0.267 e. The maximum atomic E-state index is 13.7. The summed E-state index contributed by atoms with van der Waals surface area (Å²) in [6.45, 7) is 1.75. The molecule has 6 heteroatoms. The van der Waals surface area contributed by atoms with E-state index in [0.29, 0.717) is 23.0 Å². The third-order valence-electron chi connectivity index (χ3n) is 4.31. The Morgan fingerprint density at radius 3 is 2.96 bits per heavy atom. The molecule has 0 aliphatic heterocycles. The van der Waals surface area contributed by atoms with Gasteiger partial charge in [-0.05, 0) is 59.9 Å². The Labute approximate surface area is 153 Å². The number of thiazole rings is 1. The van der Waals surface area contributed by atoms with Crippen molar-refractivity contribution < 1.29 is 9.18 Å². The van der Waals surface area contributed by atoms with Crippen LogP contribution in [0.5, 0.6) is 0 Å². The molecule has 1 aliphatic rings. The second-order valence-electron chi connectivity index (χ2n) is 6.33. The molecule has 0 spiro atoms. The monoisotopic (exact) mass is 372 g/mol. The molecule has 3 nitrogen and oxygen atoms in total. The molecule has 4 rings (SSSR count). The number of carbonyl (C=O) groups is 1. The highest BCUT2D eigenvalue weighted by Gasteiger charge is 2.29. The van der Waals surface area contributed by atoms with E-state index in [9.17, 15) is 9.18 Å². The first-order valence-corrected chi connectivity index (χ1v) is 9.88. The van der Waals surface area contributed by atoms with Crippen molar-refractivity contribution in [2.24, 2.45) is 0 Å². The Morgan fingerprint density at radius 2 is 2.20 bits per heavy atom. The van der Waals surface area contributed by atoms with Crippen LogP contribution in [-0.4, -0.2) is 10.9 Å². The van der Waals surface area contributed by atoms with Gasteiger partial charge in [-0.3, -0.25) is 10.1 Å². The zero-order valence-corrected chi connectivity index (χ0v) is 15.3. The van der Waals surface area contributed by atoms with Crippen molar-refractivity contribution in [2.75, 3.05) is 5.32 Å². The van der Waals surface area contributed by atoms with E-state index < -0.39 is 0 Å². The number of hydrogen-bond donors (Lipinski definition) is 1. The van der Waals surface area contributed by atoms with Crippen LogP contribution in [0.1, 0.15) is 50.0 Å². The molecule has 1 amide bonds. The summed E-state index contributed by atoms with van der Waals surface area (Å²) in [6.07, 6.45) is 4.70. The van der Waals surface area contributed by atoms with Crippen molar-refractivity contribution in [2.45, 2.75) is 32.1 Å². The summed E-state index contributed by atoms with van der Waals surface area (Å²) in [6, 6.07) is 7.31. The molecule has 0 atom stereocenters. The van der Waals surface area contributed by atoms with Crippen molar-refractivity contribution >= 4 is 33.7 Å². The molecule has 0 saturated heterocycles. The van der Waals surface area contributed by atoms with Crippen molar-refractivity contribution in [1.29, 1.82) is 0 Å². The molecule has 1 saturated carbocycles. The summed E-state index contributed by atoms with van der Waals surface area (Å²) in [5.41, 5.74) is 2.71. The van der Waals surface area contributed by atoms with E-state index in [1.54, 1.807) is 25.3 Å². The molecule has 1 N–H and O–H groups in total. The Bertz CT molecular complexity index is 927. The summed E-state index contributed by atoms with van der Waals surface area (Å²) < 4.78 is 13.7. The molecular weight excluding hydrogens is 355 g/mol. The SMILES string of the molecule is Cc1ccc(Cc2cnc(NC(=O)c3sccc3C3CC3)s2)cc1F. The molecular formula is C19H17FN2OS2. The first-order chi connectivity index (χ1) is 12.1. The van der Waals surface area contributed by atoms with Crippen LogP contribution in [0.4, 0.5) is 9.52 Å². The lowest BCUT2D eigenvalue weighted by atomic mass is 10.1. The molecule has 0 unspecified atom stereocenters. The van der Waals surface area contributed by atoms with E-state index in [2.05, 4.69) is 16.4 Å². The highest BCUT2D eigenvalue weighted by atomic mass is 32.1. The van der Waals surface area contributed by atoms with Gasteiger partial charge in [-0.15, -0.1) is 22.7 Å². The van der Waals surface area contributed by atoms with Crippen molar-refractivity contribution in [1.82, 2.24) is 4.98 Å². The first kappa shape index (κ1) is 16.4. The number of rotatable bonds is 5. The fourth-order valence-electron chi connectivity index (χ4n) is 2.77. The molecule has 3 aromatic rings. The van der Waals surface area contributed by atoms with Crippen LogP contribution in [0.25, 0.3) is 0 Å². The zero-order valence-electron chi connectivity index (χ0n) is 13.7. The third-order valence-corrected chi connectivity index (χ3v) is 6.15. The van der Waals surface area contributed by atoms with Gasteiger partial charge in [-0.2, -0.15) is 0 Å². The van der Waals surface area contributed by atoms with E-state index in [-0.39, 0.29) is 11.7 Å². The Kier molecular flexibility index (Phi) is 4.39. The minimum atomic E-state index is -0.194. The number of aromatic nitrogens is 1. The minimum Gasteiger partial charge on any atom is -0.297 e. The summed E-state index contributed by atoms with van der Waals surface area (Å²) in [5.74, 6) is 0.273. The summed E-state index contributed by atoms with van der Waals surface area (Å²) >= 11 is 2.91. The van der Waals surface area contributed by atoms with Gasteiger partial charge < -0.3 is 0 Å². The van der Waals surface area contributed by atoms with Crippen LogP contribution in [0.3, 0.4) is 0 Å². The number of nitrogens with one attached hydrogen (secondary N) is 1. The molecule has 25 heavy (non-hydrogen) atoms. The second kappa shape index (κ2) is 6.69. The molecule has 1 fully saturated rings. The van der Waals surface area contributed by atoms with Gasteiger partial charge in [0.15, 0.2) is 5.13 Å². The molecule has 1 aliphatic carbocycles. The summed E-state index contributed by atoms with van der Waals surface area (Å²) in [7, 11) is 0. The normalized spacial score (nSPS) is 13.8. The van der Waals surface area contributed by atoms with E-state index in [1.807, 2.05) is 11.4 Å². The highest BCUT2D eigenvalue weighted by Crippen LogP contribution is 2.43. The fourth-order valence-corrected chi connectivity index (χ4v) is 4.49. The number of hydrogen-bond acceptors (Lipinski definition) is 4. The number of halogens is 1. The maximum absolute atomic E-state index is 13.7. The quantitative estimate of drug-likeness (QED) is 0.654. The van der Waals surface area contributed by atoms with Gasteiger partial charge in [-0.1, -0.05) is 12.1 Å². The molecule has 0 bridgehead atoms. The highest BCUT2D eigenvalue weighted by molar-refractivity contribution is 7.16. The third kappa shape index (κ3) is 3.65. The van der Waals surface area contributed by atoms with Gasteiger partial charge in [0.25, 0.3) is 5.91 Å². The molecule has 0 radical (unpaired) electrons. The Hall–Kier alpha value is -2.05. The minimum absolute atomic E-state index is 0.0841. The Balaban J connectivity index is 1.44. The van der Waals surface area contributed by atoms with E-state index in [0.717, 1.165) is 20.9 Å². The second-order valence-corrected chi connectivity index (χ2v) is 8.36. The van der Waals surface area contributed by atoms with Gasteiger partial charge in [-0.25, -0.2) is 9.37 Å². The van der Waals surface area contributed by atoms with Crippen LogP contribution < -0.4 is 5.32 Å². The van der Waals surface area contributed by atoms with Gasteiger partial charge in [0.1, 0.15) is 5.82 Å². The lowest BCUT2D eigenvalue weighted by Crippen LogP contribution is -2.11. The largest absolute Gasteiger partial charge is 0.297 e. The number of aryl methyl sites for hydroxylation is 1. The van der Waals surface area contributed by atoms with Gasteiger partial charge in [0, 0.05) is 17.5 Å². The first-order valence-electron chi connectivity index (χ1n) is 8.18. The lowest BCUT2D eigenvalue weighted by Gasteiger charge is -2.02. The fraction of sp³-hybridized carbons (Fsp3) is 0.263. The van der Waals surface area contributed by atoms with Crippen LogP contribution in [-0.2, 0) is 6.42 Å². The predicted molar refractivity (Wildman–Crippen MR) is 100 cm³/mol. The van der Waals surface area contributed by atoms with Crippen LogP contribution in [0.15, 0.2) is 35.8 Å². The molecule has 128 valence electrons. The standard InChI is InChI=1S/C19H17FN2OS2/c1-11-2-3-12(9-16(11)20)8-14-10-21-19(25-14)22-18(23)17-15(6-7-24-17)13-4-5-13/h2-3,6-7,9-10,13H,4-5,8H2,1H3,(H,21,22,23). The average molecular weight is 372 g/mol. The van der Waals surface area contributed by atoms with Crippen LogP contribution in [0, 0.1) is 12.7 Å². The average Bonchev–Trinajstić information content (AvgIpc) is 3.14. The van der Waals surface area contributed by atoms with Gasteiger partial charge >= 0.3 is 0 Å². The van der Waals surface area contributed by atoms with Crippen LogP contribution >= 0.6 is 22.7 Å². The van der Waals surface area contributed by atoms with Gasteiger partial charge in [0.05, 0.1) is 4.88 Å². The van der Waals surface area contributed by atoms with E-state index >= 15 is 0 Å². The lowest BCUT2D eigenvalue weighted by molar-refractivity contribution is 0.102. The van der Waals surface area contributed by atoms with Crippen molar-refractivity contribution in [3.8, 4) is 0 Å². The van der Waals surface area contributed by atoms with E-state index in [4.69, 9.17) is 0 Å². The Morgan fingerprint density at radius 1 is 1.36 bits per heavy atom. The van der Waals surface area contributed by atoms with Crippen molar-refractivity contribution in [3.63, 3.8) is 0 Å². The number of amides is 1.